The van der Waals surface area contributed by atoms with Crippen LogP contribution in [0.2, 0.25) is 0 Å². The highest BCUT2D eigenvalue weighted by atomic mass is 32.2. The molecule has 0 aliphatic carbocycles. The van der Waals surface area contributed by atoms with E-state index >= 15 is 0 Å². The quantitative estimate of drug-likeness (QED) is 0.134. The molecule has 6 rings (SSSR count). The molecular weight excluding hydrogens is 506 g/mol. The molecule has 0 spiro atoms. The molecule has 1 saturated heterocycles. The third-order valence-corrected chi connectivity index (χ3v) is 8.83. The van der Waals surface area contributed by atoms with Crippen molar-refractivity contribution in [3.05, 3.63) is 144 Å². The maximum Gasteiger partial charge on any atom is 0.303 e. The number of ether oxygens (including phenoxy) is 1. The molecular formula is C33H27NO4S. The summed E-state index contributed by atoms with van der Waals surface area (Å²) in [4.78, 5) is 25.4. The van der Waals surface area contributed by atoms with Crippen molar-refractivity contribution in [2.24, 2.45) is 5.92 Å². The van der Waals surface area contributed by atoms with E-state index in [-0.39, 0.29) is 11.3 Å². The van der Waals surface area contributed by atoms with Crippen LogP contribution in [-0.2, 0) is 19.1 Å². The molecule has 0 bridgehead atoms. The highest BCUT2D eigenvalue weighted by Crippen LogP contribution is 2.54. The molecule has 1 aliphatic heterocycles. The Kier molecular flexibility index (Phi) is 6.71. The number of carbonyl (C=O) groups is 2. The number of nitrogens with one attached hydrogen (secondary N) is 1. The van der Waals surface area contributed by atoms with Crippen molar-refractivity contribution in [2.45, 2.75) is 23.1 Å². The summed E-state index contributed by atoms with van der Waals surface area (Å²) in [5.74, 6) is -0.830. The van der Waals surface area contributed by atoms with Gasteiger partial charge in [0.1, 0.15) is 17.3 Å². The molecule has 3 atom stereocenters. The molecule has 2 heterocycles. The number of thioether (sulfide) groups is 1. The first-order chi connectivity index (χ1) is 19.1. The van der Waals surface area contributed by atoms with E-state index in [0.717, 1.165) is 22.1 Å². The number of fused-ring (bicyclic) bond motifs is 1. The second-order valence-electron chi connectivity index (χ2n) is 9.57. The van der Waals surface area contributed by atoms with Gasteiger partial charge in [-0.3, -0.25) is 9.59 Å². The Morgan fingerprint density at radius 2 is 1.33 bits per heavy atom. The number of para-hydroxylation sites is 1. The van der Waals surface area contributed by atoms with Crippen molar-refractivity contribution in [2.75, 3.05) is 0 Å². The minimum absolute atomic E-state index is 0.178. The average molecular weight is 534 g/mol. The first kappa shape index (κ1) is 25.0. The van der Waals surface area contributed by atoms with Gasteiger partial charge in [-0.25, -0.2) is 0 Å². The van der Waals surface area contributed by atoms with E-state index in [0.29, 0.717) is 11.3 Å². The molecule has 4 aromatic carbocycles. The van der Waals surface area contributed by atoms with Crippen molar-refractivity contribution in [3.63, 3.8) is 0 Å². The minimum atomic E-state index is -0.860. The van der Waals surface area contributed by atoms with E-state index in [1.54, 1.807) is 11.8 Å². The lowest BCUT2D eigenvalue weighted by Gasteiger charge is -2.45. The van der Waals surface area contributed by atoms with Crippen molar-refractivity contribution >= 4 is 34.6 Å². The summed E-state index contributed by atoms with van der Waals surface area (Å²) in [6.07, 6.45) is -0.860. The lowest BCUT2D eigenvalue weighted by molar-refractivity contribution is -0.157. The van der Waals surface area contributed by atoms with Gasteiger partial charge in [0.2, 0.25) is 5.91 Å². The predicted molar refractivity (Wildman–Crippen MR) is 153 cm³/mol. The van der Waals surface area contributed by atoms with Crippen LogP contribution in [0.3, 0.4) is 0 Å². The molecule has 5 aromatic rings. The van der Waals surface area contributed by atoms with Crippen LogP contribution in [0.4, 0.5) is 0 Å². The first-order valence-electron chi connectivity index (χ1n) is 12.9. The van der Waals surface area contributed by atoms with Gasteiger partial charge in [0.25, 0.3) is 0 Å². The second-order valence-corrected chi connectivity index (χ2v) is 10.9. The zero-order chi connectivity index (χ0) is 26.8. The molecule has 1 amide bonds. The summed E-state index contributed by atoms with van der Waals surface area (Å²) in [7, 11) is 0. The SMILES string of the molecule is CC(=O)OC(c1cc2ccccc2o1)C1C(=O)NC1SC(c1ccccc1)(c1ccccc1)c1ccccc1. The number of carbonyl (C=O) groups excluding carboxylic acids is 2. The molecule has 194 valence electrons. The Hall–Kier alpha value is -4.29. The number of furan rings is 1. The van der Waals surface area contributed by atoms with Gasteiger partial charge in [-0.05, 0) is 28.8 Å². The molecule has 0 radical (unpaired) electrons. The lowest BCUT2D eigenvalue weighted by Crippen LogP contribution is -2.60. The molecule has 1 aliphatic rings. The highest BCUT2D eigenvalue weighted by Gasteiger charge is 2.53. The van der Waals surface area contributed by atoms with Crippen molar-refractivity contribution in [3.8, 4) is 0 Å². The van der Waals surface area contributed by atoms with Gasteiger partial charge >= 0.3 is 5.97 Å². The van der Waals surface area contributed by atoms with Crippen LogP contribution in [0.5, 0.6) is 0 Å². The summed E-state index contributed by atoms with van der Waals surface area (Å²) in [6.45, 7) is 1.36. The molecule has 1 fully saturated rings. The average Bonchev–Trinajstić information content (AvgIpc) is 3.40. The van der Waals surface area contributed by atoms with Gasteiger partial charge in [0.15, 0.2) is 6.10 Å². The van der Waals surface area contributed by atoms with E-state index in [1.807, 2.05) is 84.9 Å². The number of hydrogen-bond acceptors (Lipinski definition) is 5. The van der Waals surface area contributed by atoms with Crippen molar-refractivity contribution in [1.29, 1.82) is 0 Å². The van der Waals surface area contributed by atoms with E-state index < -0.39 is 22.7 Å². The van der Waals surface area contributed by atoms with Crippen molar-refractivity contribution < 1.29 is 18.7 Å². The summed E-state index contributed by atoms with van der Waals surface area (Å²) in [5.41, 5.74) is 3.93. The van der Waals surface area contributed by atoms with Gasteiger partial charge < -0.3 is 14.5 Å². The normalized spacial score (nSPS) is 17.7. The molecule has 0 saturated carbocycles. The fourth-order valence-corrected chi connectivity index (χ4v) is 7.09. The standard InChI is InChI=1S/C33H27NO4S/c1-22(35)37-30(28-21-23-13-11-12-20-27(23)38-28)29-31(36)34-32(29)39-33(24-14-5-2-6-15-24,25-16-7-3-8-17-25)26-18-9-4-10-19-26/h2-21,29-30,32H,1H3,(H,34,36). The topological polar surface area (TPSA) is 68.5 Å². The van der Waals surface area contributed by atoms with Crippen LogP contribution in [-0.4, -0.2) is 17.3 Å². The van der Waals surface area contributed by atoms with Crippen LogP contribution < -0.4 is 5.32 Å². The highest BCUT2D eigenvalue weighted by molar-refractivity contribution is 8.01. The Balaban J connectivity index is 1.47. The van der Waals surface area contributed by atoms with E-state index in [1.165, 1.54) is 6.92 Å². The molecule has 1 N–H and O–H groups in total. The maximum atomic E-state index is 13.2. The lowest BCUT2D eigenvalue weighted by atomic mass is 9.84. The van der Waals surface area contributed by atoms with Gasteiger partial charge in [0.05, 0.1) is 10.1 Å². The number of β-lactam (4-membered cyclic amide) rings is 1. The summed E-state index contributed by atoms with van der Waals surface area (Å²) >= 11 is 1.64. The Morgan fingerprint density at radius 3 is 1.82 bits per heavy atom. The van der Waals surface area contributed by atoms with Gasteiger partial charge in [0, 0.05) is 12.3 Å². The number of esters is 1. The number of amides is 1. The van der Waals surface area contributed by atoms with E-state index in [9.17, 15) is 9.59 Å². The zero-order valence-electron chi connectivity index (χ0n) is 21.3. The van der Waals surface area contributed by atoms with Crippen LogP contribution in [0.15, 0.2) is 126 Å². The maximum absolute atomic E-state index is 13.2. The zero-order valence-corrected chi connectivity index (χ0v) is 22.1. The third kappa shape index (κ3) is 4.61. The van der Waals surface area contributed by atoms with E-state index in [4.69, 9.17) is 9.15 Å². The van der Waals surface area contributed by atoms with Crippen LogP contribution in [0, 0.1) is 5.92 Å². The van der Waals surface area contributed by atoms with Crippen LogP contribution in [0.25, 0.3) is 11.0 Å². The van der Waals surface area contributed by atoms with Crippen molar-refractivity contribution in [1.82, 2.24) is 5.32 Å². The number of hydrogen-bond donors (Lipinski definition) is 1. The summed E-state index contributed by atoms with van der Waals surface area (Å²) in [5, 5.41) is 3.63. The smallest absolute Gasteiger partial charge is 0.303 e. The number of benzene rings is 4. The summed E-state index contributed by atoms with van der Waals surface area (Å²) < 4.78 is 11.3. The molecule has 39 heavy (non-hydrogen) atoms. The Morgan fingerprint density at radius 1 is 0.821 bits per heavy atom. The molecule has 1 aromatic heterocycles. The van der Waals surface area contributed by atoms with Gasteiger partial charge in [-0.2, -0.15) is 0 Å². The second kappa shape index (κ2) is 10.5. The fourth-order valence-electron chi connectivity index (χ4n) is 5.31. The fraction of sp³-hybridized carbons (Fsp3) is 0.152. The van der Waals surface area contributed by atoms with Gasteiger partial charge in [-0.1, -0.05) is 109 Å². The minimum Gasteiger partial charge on any atom is -0.457 e. The van der Waals surface area contributed by atoms with Crippen LogP contribution >= 0.6 is 11.8 Å². The third-order valence-electron chi connectivity index (χ3n) is 7.10. The van der Waals surface area contributed by atoms with E-state index in [2.05, 4.69) is 41.7 Å². The van der Waals surface area contributed by atoms with Gasteiger partial charge in [-0.15, -0.1) is 11.8 Å². The molecule has 3 unspecified atom stereocenters. The number of rotatable bonds is 8. The largest absolute Gasteiger partial charge is 0.457 e. The summed E-state index contributed by atoms with van der Waals surface area (Å²) in [6, 6.07) is 40.4. The Bertz CT molecular complexity index is 1470. The monoisotopic (exact) mass is 533 g/mol. The van der Waals surface area contributed by atoms with Crippen LogP contribution in [0.1, 0.15) is 35.5 Å². The molecule has 6 heteroatoms. The predicted octanol–water partition coefficient (Wildman–Crippen LogP) is 6.83. The molecule has 5 nitrogen and oxygen atoms in total. The first-order valence-corrected chi connectivity index (χ1v) is 13.7. The Labute approximate surface area is 231 Å².